The Morgan fingerprint density at radius 2 is 1.30 bits per heavy atom. The fourth-order valence-electron chi connectivity index (χ4n) is 3.25. The van der Waals surface area contributed by atoms with Gasteiger partial charge in [-0.15, -0.1) is 0 Å². The number of rotatable bonds is 16. The normalized spacial score (nSPS) is 14.6. The van der Waals surface area contributed by atoms with Gasteiger partial charge < -0.3 is 30.4 Å². The zero-order valence-corrected chi connectivity index (χ0v) is 21.8. The second kappa shape index (κ2) is 17.8. The van der Waals surface area contributed by atoms with E-state index in [1.165, 1.54) is 0 Å². The molecule has 1 aliphatic rings. The van der Waals surface area contributed by atoms with Crippen LogP contribution in [-0.4, -0.2) is 119 Å². The molecule has 0 aromatic heterocycles. The molecule has 0 fully saturated rings. The van der Waals surface area contributed by atoms with E-state index < -0.39 is 47.7 Å². The molecule has 2 atom stereocenters. The maximum atomic E-state index is 11.4. The van der Waals surface area contributed by atoms with Crippen molar-refractivity contribution in [2.45, 2.75) is 50.6 Å². The first-order valence-corrected chi connectivity index (χ1v) is 11.8. The minimum absolute atomic E-state index is 0.294. The second-order valence-electron chi connectivity index (χ2n) is 8.90. The Morgan fingerprint density at radius 3 is 1.70 bits per heavy atom. The molecule has 37 heavy (non-hydrogen) atoms. The maximum absolute atomic E-state index is 11.4. The second-order valence-corrected chi connectivity index (χ2v) is 8.90. The van der Waals surface area contributed by atoms with E-state index in [4.69, 9.17) is 15.3 Å². The Bertz CT molecular complexity index is 850. The van der Waals surface area contributed by atoms with Gasteiger partial charge in [0.2, 0.25) is 5.91 Å². The Hall–Kier alpha value is -3.58. The molecule has 1 aliphatic heterocycles. The molecular weight excluding hydrogens is 488 g/mol. The van der Waals surface area contributed by atoms with Gasteiger partial charge in [0.25, 0.3) is 11.8 Å². The van der Waals surface area contributed by atoms with Gasteiger partial charge in [-0.25, -0.2) is 14.4 Å². The van der Waals surface area contributed by atoms with Crippen LogP contribution in [0.2, 0.25) is 0 Å². The summed E-state index contributed by atoms with van der Waals surface area (Å²) in [4.78, 5) is 71.2. The average molecular weight is 527 g/mol. The third-order valence-corrected chi connectivity index (χ3v) is 5.11. The zero-order valence-electron chi connectivity index (χ0n) is 21.8. The molecule has 0 saturated carbocycles. The summed E-state index contributed by atoms with van der Waals surface area (Å²) in [5.74, 6) is -5.32. The van der Waals surface area contributed by atoms with Crippen molar-refractivity contribution in [1.82, 2.24) is 20.0 Å². The summed E-state index contributed by atoms with van der Waals surface area (Å²) in [7, 11) is 7.72. The monoisotopic (exact) mass is 526 g/mol. The van der Waals surface area contributed by atoms with Gasteiger partial charge in [-0.3, -0.25) is 19.3 Å². The predicted molar refractivity (Wildman–Crippen MR) is 134 cm³/mol. The highest BCUT2D eigenvalue weighted by molar-refractivity contribution is 6.14. The van der Waals surface area contributed by atoms with E-state index in [9.17, 15) is 28.8 Å². The van der Waals surface area contributed by atoms with Crippen molar-refractivity contribution in [1.29, 1.82) is 0 Å². The number of carbonyl (C=O) groups excluding carboxylic acids is 3. The molecule has 1 rings (SSSR count). The molecule has 13 heteroatoms. The highest BCUT2D eigenvalue weighted by atomic mass is 16.4. The molecule has 0 aromatic rings. The van der Waals surface area contributed by atoms with Gasteiger partial charge in [-0.1, -0.05) is 0 Å². The molecule has 0 spiro atoms. The third-order valence-electron chi connectivity index (χ3n) is 5.11. The van der Waals surface area contributed by atoms with E-state index in [0.29, 0.717) is 31.8 Å². The Kier molecular flexibility index (Phi) is 16.1. The first-order chi connectivity index (χ1) is 17.3. The smallest absolute Gasteiger partial charge is 0.328 e. The molecule has 0 saturated heterocycles. The summed E-state index contributed by atoms with van der Waals surface area (Å²) in [6.45, 7) is 1.70. The van der Waals surface area contributed by atoms with E-state index in [1.807, 2.05) is 38.0 Å². The largest absolute Gasteiger partial charge is 0.480 e. The molecule has 0 radical (unpaired) electrons. The first kappa shape index (κ1) is 33.4. The van der Waals surface area contributed by atoms with Gasteiger partial charge in [0.1, 0.15) is 12.1 Å². The number of carboxylic acid groups (broad SMARTS) is 3. The number of aliphatic carboxylic acids is 3. The van der Waals surface area contributed by atoms with E-state index in [0.717, 1.165) is 49.1 Å². The molecule has 0 unspecified atom stereocenters. The molecule has 208 valence electrons. The standard InChI is InChI=1S/C12H20N2O5.C12H18N2O4/c1-14(2)8-4-3-5-9(12(18)19)13-10(15)6-7-11(16)17;1-13(2)8-4-3-5-9(12(17)18)14-10(15)6-7-11(14)16/h6-7,9H,3-5,8H2,1-2H3,(H,13,15)(H,16,17)(H,18,19);6-7,9H,3-5,8H2,1-2H3,(H,17,18)/b7-6-;/t2*9-/m00/s1. The van der Waals surface area contributed by atoms with Gasteiger partial charge in [-0.2, -0.15) is 0 Å². The average Bonchev–Trinajstić information content (AvgIpc) is 3.12. The van der Waals surface area contributed by atoms with Crippen LogP contribution in [0.4, 0.5) is 0 Å². The number of unbranched alkanes of at least 4 members (excludes halogenated alkanes) is 2. The van der Waals surface area contributed by atoms with Gasteiger partial charge >= 0.3 is 17.9 Å². The van der Waals surface area contributed by atoms with Crippen LogP contribution >= 0.6 is 0 Å². The highest BCUT2D eigenvalue weighted by Crippen LogP contribution is 2.15. The lowest BCUT2D eigenvalue weighted by atomic mass is 10.1. The lowest BCUT2D eigenvalue weighted by Gasteiger charge is -2.22. The third kappa shape index (κ3) is 15.2. The lowest BCUT2D eigenvalue weighted by Crippen LogP contribution is -2.45. The predicted octanol–water partition coefficient (Wildman–Crippen LogP) is 0.0250. The number of nitrogens with zero attached hydrogens (tertiary/aromatic N) is 3. The summed E-state index contributed by atoms with van der Waals surface area (Å²) in [5.41, 5.74) is 0. The summed E-state index contributed by atoms with van der Waals surface area (Å²) in [5, 5.41) is 28.6. The molecule has 1 heterocycles. The summed E-state index contributed by atoms with van der Waals surface area (Å²) < 4.78 is 0. The molecule has 3 amide bonds. The van der Waals surface area contributed by atoms with Gasteiger partial charge in [-0.05, 0) is 79.8 Å². The fourth-order valence-corrected chi connectivity index (χ4v) is 3.25. The van der Waals surface area contributed by atoms with Crippen LogP contribution in [0, 0.1) is 0 Å². The van der Waals surface area contributed by atoms with Gasteiger partial charge in [0, 0.05) is 24.3 Å². The topological polar surface area (TPSA) is 185 Å². The van der Waals surface area contributed by atoms with Crippen LogP contribution in [0.3, 0.4) is 0 Å². The lowest BCUT2D eigenvalue weighted by molar-refractivity contribution is -0.153. The molecule has 0 bridgehead atoms. The summed E-state index contributed by atoms with van der Waals surface area (Å²) in [6.07, 6.45) is 7.29. The number of carboxylic acids is 3. The molecule has 4 N–H and O–H groups in total. The molecule has 0 aromatic carbocycles. The van der Waals surface area contributed by atoms with E-state index >= 15 is 0 Å². The van der Waals surface area contributed by atoms with Crippen molar-refractivity contribution in [3.8, 4) is 0 Å². The quantitative estimate of drug-likeness (QED) is 0.121. The van der Waals surface area contributed by atoms with Crippen molar-refractivity contribution >= 4 is 35.6 Å². The van der Waals surface area contributed by atoms with Crippen LogP contribution in [-0.2, 0) is 28.8 Å². The van der Waals surface area contributed by atoms with Crippen molar-refractivity contribution < 1.29 is 44.1 Å². The van der Waals surface area contributed by atoms with E-state index in [2.05, 4.69) is 5.32 Å². The Labute approximate surface area is 216 Å². The number of hydrogen-bond donors (Lipinski definition) is 4. The number of imide groups is 1. The number of nitrogens with one attached hydrogen (secondary N) is 1. The number of amides is 3. The Morgan fingerprint density at radius 1 is 0.811 bits per heavy atom. The fraction of sp³-hybridized carbons (Fsp3) is 0.583. The van der Waals surface area contributed by atoms with Gasteiger partial charge in [0.15, 0.2) is 0 Å². The van der Waals surface area contributed by atoms with Crippen LogP contribution < -0.4 is 5.32 Å². The zero-order chi connectivity index (χ0) is 28.5. The number of carbonyl (C=O) groups is 6. The minimum Gasteiger partial charge on any atom is -0.480 e. The molecule has 0 aliphatic carbocycles. The first-order valence-electron chi connectivity index (χ1n) is 11.8. The maximum Gasteiger partial charge on any atom is 0.328 e. The van der Waals surface area contributed by atoms with E-state index in [-0.39, 0.29) is 0 Å². The minimum atomic E-state index is -1.26. The van der Waals surface area contributed by atoms with Gasteiger partial charge in [0.05, 0.1) is 0 Å². The number of hydrogen-bond acceptors (Lipinski definition) is 8. The van der Waals surface area contributed by atoms with Crippen molar-refractivity contribution in [3.63, 3.8) is 0 Å². The van der Waals surface area contributed by atoms with Crippen LogP contribution in [0.1, 0.15) is 38.5 Å². The van der Waals surface area contributed by atoms with Crippen molar-refractivity contribution in [2.75, 3.05) is 41.3 Å². The highest BCUT2D eigenvalue weighted by Gasteiger charge is 2.35. The van der Waals surface area contributed by atoms with Crippen molar-refractivity contribution in [2.24, 2.45) is 0 Å². The summed E-state index contributed by atoms with van der Waals surface area (Å²) in [6, 6.07) is -2.05. The molecule has 13 nitrogen and oxygen atoms in total. The van der Waals surface area contributed by atoms with E-state index in [1.54, 1.807) is 0 Å². The van der Waals surface area contributed by atoms with Crippen LogP contribution in [0.25, 0.3) is 0 Å². The Balaban J connectivity index is 0.000000701. The summed E-state index contributed by atoms with van der Waals surface area (Å²) >= 11 is 0. The van der Waals surface area contributed by atoms with Crippen LogP contribution in [0.5, 0.6) is 0 Å². The molecular formula is C24H38N4O9. The SMILES string of the molecule is CN(C)CCCC[C@@H](C(=O)O)N1C(=O)C=CC1=O.CN(C)CCCC[C@H](NC(=O)/C=C\C(=O)O)C(=O)O. The van der Waals surface area contributed by atoms with Crippen LogP contribution in [0.15, 0.2) is 24.3 Å². The van der Waals surface area contributed by atoms with Crippen molar-refractivity contribution in [3.05, 3.63) is 24.3 Å².